The number of hydrogen-bond donors (Lipinski definition) is 1. The van der Waals surface area contributed by atoms with Gasteiger partial charge in [-0.25, -0.2) is 0 Å². The fourth-order valence-corrected chi connectivity index (χ4v) is 0. The Hall–Kier alpha value is 0.300. The maximum Gasteiger partial charge on any atom is 0.287 e. The van der Waals surface area contributed by atoms with Crippen molar-refractivity contribution in [1.82, 2.24) is 0 Å². The molecule has 0 aromatic heterocycles. The Morgan fingerprint density at radius 2 is 2.20 bits per heavy atom. The average molecular weight is 156 g/mol. The van der Waals surface area contributed by atoms with E-state index in [1.54, 1.807) is 0 Å². The molecule has 0 aliphatic heterocycles. The predicted molar refractivity (Wildman–Crippen MR) is 26.1 cm³/mol. The summed E-state index contributed by atoms with van der Waals surface area (Å²) in [5, 5.41) is -0.412. The summed E-state index contributed by atoms with van der Waals surface area (Å²) in [6.45, 7) is 0. The molecule has 0 bridgehead atoms. The van der Waals surface area contributed by atoms with Crippen LogP contribution in [0.25, 0.3) is 0 Å². The van der Waals surface area contributed by atoms with Crippen molar-refractivity contribution >= 4 is 30.2 Å². The molecule has 0 unspecified atom stereocenters. The summed E-state index contributed by atoms with van der Waals surface area (Å²) in [7, 11) is 0.831. The summed E-state index contributed by atoms with van der Waals surface area (Å²) in [4.78, 5) is 9.51. The van der Waals surface area contributed by atoms with Crippen LogP contribution in [-0.4, -0.2) is 5.24 Å². The van der Waals surface area contributed by atoms with Crippen molar-refractivity contribution in [3.05, 3.63) is 0 Å². The highest BCUT2D eigenvalue weighted by Crippen LogP contribution is 2.06. The minimum Gasteiger partial charge on any atom is -0.360 e. The molecule has 0 radical (unpaired) electrons. The van der Waals surface area contributed by atoms with Gasteiger partial charge < -0.3 is 5.73 Å². The molecule has 0 aliphatic carbocycles. The number of amides is 1. The summed E-state index contributed by atoms with van der Waals surface area (Å²) in [6.07, 6.45) is 0. The third-order valence-electron chi connectivity index (χ3n) is 0.0760. The molecule has 0 fully saturated rings. The van der Waals surface area contributed by atoms with Gasteiger partial charge in [0.1, 0.15) is 0 Å². The zero-order chi connectivity index (χ0) is 4.28. The first kappa shape index (κ1) is 5.30. The van der Waals surface area contributed by atoms with Crippen molar-refractivity contribution in [2.75, 3.05) is 0 Å². The third kappa shape index (κ3) is 4.30. The van der Waals surface area contributed by atoms with Crippen molar-refractivity contribution < 1.29 is 4.79 Å². The van der Waals surface area contributed by atoms with Crippen LogP contribution in [-0.2, 0) is 0 Å². The highest BCUT2D eigenvalue weighted by molar-refractivity contribution is 9.52. The fraction of sp³-hybridized carbons (Fsp3) is 0. The summed E-state index contributed by atoms with van der Waals surface area (Å²) < 4.78 is 0. The van der Waals surface area contributed by atoms with Crippen LogP contribution in [0.4, 0.5) is 4.79 Å². The Balaban J connectivity index is 2.85. The number of rotatable bonds is 0. The number of halogens is 1. The van der Waals surface area contributed by atoms with Gasteiger partial charge in [0.05, 0.1) is 0 Å². The zero-order valence-corrected chi connectivity index (χ0v) is 4.67. The molecule has 0 rings (SSSR count). The van der Waals surface area contributed by atoms with Gasteiger partial charge in [-0.1, -0.05) is 0 Å². The highest BCUT2D eigenvalue weighted by atomic mass is 79.9. The average Bonchev–Trinajstić information content (AvgIpc) is 1.38. The second-order valence-corrected chi connectivity index (χ2v) is 1.92. The van der Waals surface area contributed by atoms with E-state index in [1.807, 2.05) is 0 Å². The van der Waals surface area contributed by atoms with Gasteiger partial charge in [-0.15, -0.1) is 0 Å². The van der Waals surface area contributed by atoms with Crippen LogP contribution in [0.1, 0.15) is 0 Å². The molecular weight excluding hydrogens is 154 g/mol. The molecule has 0 aromatic rings. The van der Waals surface area contributed by atoms with Gasteiger partial charge in [0.2, 0.25) is 0 Å². The molecule has 30 valence electrons. The summed E-state index contributed by atoms with van der Waals surface area (Å²) >= 11 is 2.76. The monoisotopic (exact) mass is 155 g/mol. The third-order valence-corrected chi connectivity index (χ3v) is 1.19. The molecular formula is CH2BrNOS. The zero-order valence-electron chi connectivity index (χ0n) is 2.27. The summed E-state index contributed by atoms with van der Waals surface area (Å²) in [6, 6.07) is 0. The van der Waals surface area contributed by atoms with E-state index in [9.17, 15) is 4.79 Å². The molecule has 5 heavy (non-hydrogen) atoms. The molecule has 4 heteroatoms. The van der Waals surface area contributed by atoms with Crippen LogP contribution in [0.5, 0.6) is 0 Å². The topological polar surface area (TPSA) is 43.1 Å². The molecule has 0 heterocycles. The van der Waals surface area contributed by atoms with E-state index in [1.165, 1.54) is 0 Å². The van der Waals surface area contributed by atoms with Crippen molar-refractivity contribution in [1.29, 1.82) is 0 Å². The standard InChI is InChI=1S/CH2BrNOS/c2-5-1(3)4/h(H2,3,4). The molecule has 0 aliphatic rings. The molecule has 0 saturated heterocycles. The molecule has 0 saturated carbocycles. The van der Waals surface area contributed by atoms with Crippen LogP contribution in [0.3, 0.4) is 0 Å². The minimum absolute atomic E-state index is 0.412. The SMILES string of the molecule is NC(=O)SBr. The van der Waals surface area contributed by atoms with Gasteiger partial charge in [-0.05, 0) is 14.8 Å². The smallest absolute Gasteiger partial charge is 0.287 e. The number of carbonyl (C=O) groups is 1. The van der Waals surface area contributed by atoms with E-state index < -0.39 is 5.24 Å². The van der Waals surface area contributed by atoms with Gasteiger partial charge in [0, 0.05) is 10.2 Å². The maximum atomic E-state index is 9.51. The molecule has 0 spiro atoms. The lowest BCUT2D eigenvalue weighted by atomic mass is 11.5. The minimum atomic E-state index is -0.412. The van der Waals surface area contributed by atoms with Crippen LogP contribution >= 0.6 is 25.0 Å². The Kier molecular flexibility index (Phi) is 2.68. The van der Waals surface area contributed by atoms with Gasteiger partial charge in [0.25, 0.3) is 5.24 Å². The van der Waals surface area contributed by atoms with Crippen molar-refractivity contribution in [3.63, 3.8) is 0 Å². The number of carbonyl (C=O) groups excluding carboxylic acids is 1. The van der Waals surface area contributed by atoms with Crippen LogP contribution in [0, 0.1) is 0 Å². The molecule has 0 aromatic carbocycles. The second-order valence-electron chi connectivity index (χ2n) is 0.396. The molecule has 1 amide bonds. The van der Waals surface area contributed by atoms with E-state index >= 15 is 0 Å². The van der Waals surface area contributed by atoms with Gasteiger partial charge in [-0.2, -0.15) is 0 Å². The second kappa shape index (κ2) is 2.53. The number of hydrogen-bond acceptors (Lipinski definition) is 2. The van der Waals surface area contributed by atoms with E-state index in [4.69, 9.17) is 0 Å². The largest absolute Gasteiger partial charge is 0.360 e. The van der Waals surface area contributed by atoms with Crippen molar-refractivity contribution in [2.24, 2.45) is 5.73 Å². The highest BCUT2D eigenvalue weighted by Gasteiger charge is 1.80. The van der Waals surface area contributed by atoms with Crippen LogP contribution in [0.15, 0.2) is 0 Å². The lowest BCUT2D eigenvalue weighted by Gasteiger charge is -1.70. The van der Waals surface area contributed by atoms with Crippen LogP contribution < -0.4 is 5.73 Å². The summed E-state index contributed by atoms with van der Waals surface area (Å²) in [5.74, 6) is 0. The van der Waals surface area contributed by atoms with Crippen molar-refractivity contribution in [3.8, 4) is 0 Å². The van der Waals surface area contributed by atoms with E-state index in [0.717, 1.165) is 10.2 Å². The molecule has 2 N–H and O–H groups in total. The molecule has 2 nitrogen and oxygen atoms in total. The van der Waals surface area contributed by atoms with Gasteiger partial charge in [-0.3, -0.25) is 4.79 Å². The Morgan fingerprint density at radius 1 is 2.00 bits per heavy atom. The maximum absolute atomic E-state index is 9.51. The number of primary amides is 1. The van der Waals surface area contributed by atoms with Gasteiger partial charge in [0.15, 0.2) is 0 Å². The quantitative estimate of drug-likeness (QED) is 0.570. The lowest BCUT2D eigenvalue weighted by molar-refractivity contribution is 0.267. The predicted octanol–water partition coefficient (Wildman–Crippen LogP) is 1.11. The molecule has 0 atom stereocenters. The first-order valence-electron chi connectivity index (χ1n) is 0.851. The normalized spacial score (nSPS) is 7.40. The first-order chi connectivity index (χ1) is 2.27. The van der Waals surface area contributed by atoms with E-state index in [0.29, 0.717) is 0 Å². The number of nitrogens with two attached hydrogens (primary N) is 1. The first-order valence-corrected chi connectivity index (χ1v) is 3.51. The lowest BCUT2D eigenvalue weighted by Crippen LogP contribution is -1.97. The Morgan fingerprint density at radius 3 is 2.20 bits per heavy atom. The fourth-order valence-electron chi connectivity index (χ4n) is 0. The Bertz CT molecular complexity index is 46.9. The van der Waals surface area contributed by atoms with E-state index in [-0.39, 0.29) is 0 Å². The van der Waals surface area contributed by atoms with Gasteiger partial charge >= 0.3 is 0 Å². The van der Waals surface area contributed by atoms with Crippen molar-refractivity contribution in [2.45, 2.75) is 0 Å². The Labute approximate surface area is 41.3 Å². The van der Waals surface area contributed by atoms with Crippen LogP contribution in [0.2, 0.25) is 0 Å². The van der Waals surface area contributed by atoms with E-state index in [2.05, 4.69) is 20.5 Å². The summed E-state index contributed by atoms with van der Waals surface area (Å²) in [5.41, 5.74) is 4.57.